The summed E-state index contributed by atoms with van der Waals surface area (Å²) < 4.78 is 15.6. The zero-order chi connectivity index (χ0) is 18.4. The molecule has 0 radical (unpaired) electrons. The fourth-order valence-electron chi connectivity index (χ4n) is 4.85. The van der Waals surface area contributed by atoms with Gasteiger partial charge in [0.05, 0.1) is 12.0 Å². The molecule has 2 aliphatic carbocycles. The molecule has 4 heteroatoms. The standard InChI is InChI=1S/C22H26FNO2/c1-2-5-19(25)16-8-10-22(23,11-9-16)24-13-12-21(15-24)14-20(26)17-6-3-4-7-18(17)21/h3-4,6-11,16,20,26H,2,5,12-15H2,1H3. The number of fused-ring (bicyclic) bond motifs is 2. The van der Waals surface area contributed by atoms with Crippen LogP contribution in [0.15, 0.2) is 48.6 Å². The molecule has 0 saturated carbocycles. The van der Waals surface area contributed by atoms with Crippen molar-refractivity contribution in [1.29, 1.82) is 0 Å². The molecular weight excluding hydrogens is 329 g/mol. The normalized spacial score (nSPS) is 36.0. The molecule has 1 aromatic rings. The molecule has 4 rings (SSSR count). The van der Waals surface area contributed by atoms with Crippen LogP contribution >= 0.6 is 0 Å². The molecule has 26 heavy (non-hydrogen) atoms. The first-order valence-electron chi connectivity index (χ1n) is 9.60. The van der Waals surface area contributed by atoms with E-state index < -0.39 is 11.9 Å². The Kier molecular flexibility index (Phi) is 4.36. The Balaban J connectivity index is 1.53. The number of carbonyl (C=O) groups is 1. The number of aliphatic hydroxyl groups excluding tert-OH is 1. The number of benzene rings is 1. The monoisotopic (exact) mass is 355 g/mol. The van der Waals surface area contributed by atoms with E-state index in [0.29, 0.717) is 25.9 Å². The number of likely N-dealkylation sites (tertiary alicyclic amines) is 1. The van der Waals surface area contributed by atoms with E-state index in [-0.39, 0.29) is 17.1 Å². The molecule has 2 unspecified atom stereocenters. The Morgan fingerprint density at radius 3 is 2.77 bits per heavy atom. The maximum absolute atomic E-state index is 15.6. The SMILES string of the molecule is CCCC(=O)C1C=CC(F)(N2CCC3(CC(O)c4ccccc43)C2)C=C1. The minimum Gasteiger partial charge on any atom is -0.388 e. The number of carbonyl (C=O) groups excluding carboxylic acids is 1. The van der Waals surface area contributed by atoms with Crippen molar-refractivity contribution in [3.63, 3.8) is 0 Å². The molecule has 0 amide bonds. The molecule has 0 aromatic heterocycles. The average Bonchev–Trinajstić information content (AvgIpc) is 3.19. The Labute approximate surface area is 154 Å². The summed E-state index contributed by atoms with van der Waals surface area (Å²) in [5.74, 6) is -1.80. The van der Waals surface area contributed by atoms with E-state index in [1.807, 2.05) is 30.0 Å². The third kappa shape index (κ3) is 2.76. The van der Waals surface area contributed by atoms with Crippen molar-refractivity contribution >= 4 is 5.78 Å². The van der Waals surface area contributed by atoms with Crippen molar-refractivity contribution in [3.05, 3.63) is 59.7 Å². The summed E-state index contributed by atoms with van der Waals surface area (Å²) in [4.78, 5) is 13.9. The highest BCUT2D eigenvalue weighted by atomic mass is 19.1. The molecule has 1 saturated heterocycles. The van der Waals surface area contributed by atoms with Gasteiger partial charge in [-0.3, -0.25) is 9.69 Å². The lowest BCUT2D eigenvalue weighted by atomic mass is 9.81. The molecule has 3 aliphatic rings. The van der Waals surface area contributed by atoms with Crippen LogP contribution < -0.4 is 0 Å². The van der Waals surface area contributed by atoms with Gasteiger partial charge in [0.15, 0.2) is 0 Å². The molecule has 1 aromatic carbocycles. The number of halogens is 1. The van der Waals surface area contributed by atoms with E-state index in [1.54, 1.807) is 24.3 Å². The molecule has 138 valence electrons. The van der Waals surface area contributed by atoms with Crippen molar-refractivity contribution in [2.75, 3.05) is 13.1 Å². The van der Waals surface area contributed by atoms with Crippen LogP contribution in [0, 0.1) is 5.92 Å². The molecule has 0 bridgehead atoms. The van der Waals surface area contributed by atoms with Crippen molar-refractivity contribution in [1.82, 2.24) is 4.90 Å². The third-order valence-electron chi connectivity index (χ3n) is 6.26. The maximum atomic E-state index is 15.6. The van der Waals surface area contributed by atoms with Gasteiger partial charge < -0.3 is 5.11 Å². The summed E-state index contributed by atoms with van der Waals surface area (Å²) in [7, 11) is 0. The lowest BCUT2D eigenvalue weighted by Gasteiger charge is -2.34. The molecule has 1 spiro atoms. The second-order valence-corrected chi connectivity index (χ2v) is 7.95. The molecule has 1 heterocycles. The molecule has 1 aliphatic heterocycles. The van der Waals surface area contributed by atoms with Gasteiger partial charge in [-0.1, -0.05) is 43.3 Å². The van der Waals surface area contributed by atoms with Gasteiger partial charge in [-0.25, -0.2) is 4.39 Å². The lowest BCUT2D eigenvalue weighted by Crippen LogP contribution is -2.43. The molecule has 1 N–H and O–H groups in total. The minimum atomic E-state index is -1.64. The Morgan fingerprint density at radius 2 is 2.04 bits per heavy atom. The summed E-state index contributed by atoms with van der Waals surface area (Å²) in [6.07, 6.45) is 8.88. The second-order valence-electron chi connectivity index (χ2n) is 7.95. The van der Waals surface area contributed by atoms with E-state index in [9.17, 15) is 9.90 Å². The largest absolute Gasteiger partial charge is 0.388 e. The first-order chi connectivity index (χ1) is 12.5. The van der Waals surface area contributed by atoms with Gasteiger partial charge in [0.2, 0.25) is 5.79 Å². The minimum absolute atomic E-state index is 0.146. The number of ketones is 1. The van der Waals surface area contributed by atoms with Gasteiger partial charge in [-0.2, -0.15) is 0 Å². The summed E-state index contributed by atoms with van der Waals surface area (Å²) in [5.41, 5.74) is 1.98. The van der Waals surface area contributed by atoms with Crippen LogP contribution in [-0.4, -0.2) is 34.7 Å². The number of allylic oxidation sites excluding steroid dienone is 2. The van der Waals surface area contributed by atoms with Gasteiger partial charge in [-0.15, -0.1) is 0 Å². The highest BCUT2D eigenvalue weighted by Gasteiger charge is 2.51. The van der Waals surface area contributed by atoms with Crippen LogP contribution in [0.1, 0.15) is 49.8 Å². The number of Topliss-reactive ketones (excluding diaryl/α,β-unsaturated/α-hetero) is 1. The van der Waals surface area contributed by atoms with E-state index in [2.05, 4.69) is 6.07 Å². The van der Waals surface area contributed by atoms with Crippen LogP contribution in [-0.2, 0) is 10.2 Å². The Bertz CT molecular complexity index is 757. The van der Waals surface area contributed by atoms with Crippen LogP contribution in [0.25, 0.3) is 0 Å². The quantitative estimate of drug-likeness (QED) is 0.659. The summed E-state index contributed by atoms with van der Waals surface area (Å²) in [5, 5.41) is 10.4. The first-order valence-corrected chi connectivity index (χ1v) is 9.60. The fourth-order valence-corrected chi connectivity index (χ4v) is 4.85. The average molecular weight is 355 g/mol. The number of hydrogen-bond acceptors (Lipinski definition) is 3. The van der Waals surface area contributed by atoms with Crippen molar-refractivity contribution in [2.24, 2.45) is 5.92 Å². The van der Waals surface area contributed by atoms with Crippen molar-refractivity contribution in [2.45, 2.75) is 49.9 Å². The highest BCUT2D eigenvalue weighted by Crippen LogP contribution is 2.51. The predicted octanol–water partition coefficient (Wildman–Crippen LogP) is 3.84. The van der Waals surface area contributed by atoms with Gasteiger partial charge in [0, 0.05) is 24.9 Å². The van der Waals surface area contributed by atoms with Crippen LogP contribution in [0.5, 0.6) is 0 Å². The van der Waals surface area contributed by atoms with Crippen molar-refractivity contribution < 1.29 is 14.3 Å². The fraction of sp³-hybridized carbons (Fsp3) is 0.500. The van der Waals surface area contributed by atoms with Gasteiger partial charge in [0.1, 0.15) is 5.78 Å². The topological polar surface area (TPSA) is 40.5 Å². The summed E-state index contributed by atoms with van der Waals surface area (Å²) in [6.45, 7) is 3.20. The maximum Gasteiger partial charge on any atom is 0.201 e. The van der Waals surface area contributed by atoms with Crippen LogP contribution in [0.2, 0.25) is 0 Å². The smallest absolute Gasteiger partial charge is 0.201 e. The Morgan fingerprint density at radius 1 is 1.31 bits per heavy atom. The molecule has 2 atom stereocenters. The van der Waals surface area contributed by atoms with Gasteiger partial charge in [-0.05, 0) is 42.5 Å². The first kappa shape index (κ1) is 17.6. The van der Waals surface area contributed by atoms with E-state index in [0.717, 1.165) is 18.4 Å². The van der Waals surface area contributed by atoms with Crippen LogP contribution in [0.3, 0.4) is 0 Å². The summed E-state index contributed by atoms with van der Waals surface area (Å²) in [6, 6.07) is 8.00. The number of alkyl halides is 1. The van der Waals surface area contributed by atoms with Crippen LogP contribution in [0.4, 0.5) is 4.39 Å². The lowest BCUT2D eigenvalue weighted by molar-refractivity contribution is -0.120. The second kappa shape index (κ2) is 6.43. The number of hydrogen-bond donors (Lipinski definition) is 1. The molecular formula is C22H26FNO2. The number of nitrogens with zero attached hydrogens (tertiary/aromatic N) is 1. The predicted molar refractivity (Wildman–Crippen MR) is 99.4 cm³/mol. The van der Waals surface area contributed by atoms with Crippen molar-refractivity contribution in [3.8, 4) is 0 Å². The third-order valence-corrected chi connectivity index (χ3v) is 6.26. The molecule has 1 fully saturated rings. The van der Waals surface area contributed by atoms with E-state index in [4.69, 9.17) is 0 Å². The zero-order valence-electron chi connectivity index (χ0n) is 15.2. The molecule has 3 nitrogen and oxygen atoms in total. The highest BCUT2D eigenvalue weighted by molar-refractivity contribution is 5.84. The van der Waals surface area contributed by atoms with Gasteiger partial charge >= 0.3 is 0 Å². The zero-order valence-corrected chi connectivity index (χ0v) is 15.2. The Hall–Kier alpha value is -1.78. The van der Waals surface area contributed by atoms with E-state index >= 15 is 4.39 Å². The number of rotatable bonds is 4. The van der Waals surface area contributed by atoms with Gasteiger partial charge in [0.25, 0.3) is 0 Å². The number of aliphatic hydroxyl groups is 1. The van der Waals surface area contributed by atoms with E-state index in [1.165, 1.54) is 5.56 Å². The summed E-state index contributed by atoms with van der Waals surface area (Å²) >= 11 is 0.